The van der Waals surface area contributed by atoms with Gasteiger partial charge in [0.05, 0.1) is 34.5 Å². The number of aliphatic imine (C=N–C) groups is 1. The van der Waals surface area contributed by atoms with Gasteiger partial charge < -0.3 is 29.6 Å². The highest BCUT2D eigenvalue weighted by Crippen LogP contribution is 2.38. The molecule has 172 valence electrons. The lowest BCUT2D eigenvalue weighted by atomic mass is 10.1. The van der Waals surface area contributed by atoms with E-state index in [4.69, 9.17) is 18.9 Å². The molecule has 0 aromatic heterocycles. The zero-order valence-corrected chi connectivity index (χ0v) is 21.3. The van der Waals surface area contributed by atoms with Gasteiger partial charge in [0.25, 0.3) is 0 Å². The van der Waals surface area contributed by atoms with Gasteiger partial charge in [0, 0.05) is 20.1 Å². The van der Waals surface area contributed by atoms with Crippen LogP contribution in [0.5, 0.6) is 17.2 Å². The summed E-state index contributed by atoms with van der Waals surface area (Å²) in [5, 5.41) is 6.65. The van der Waals surface area contributed by atoms with Crippen molar-refractivity contribution >= 4 is 29.9 Å². The summed E-state index contributed by atoms with van der Waals surface area (Å²) >= 11 is 0. The first-order chi connectivity index (χ1) is 14.6. The van der Waals surface area contributed by atoms with E-state index in [1.54, 1.807) is 28.4 Å². The molecule has 7 nitrogen and oxygen atoms in total. The van der Waals surface area contributed by atoms with E-state index in [0.717, 1.165) is 18.1 Å². The van der Waals surface area contributed by atoms with Crippen LogP contribution in [0.25, 0.3) is 0 Å². The van der Waals surface area contributed by atoms with Crippen LogP contribution in [-0.2, 0) is 17.9 Å². The Hall–Kier alpha value is -2.20. The Bertz CT molecular complexity index is 778. The second kappa shape index (κ2) is 14.7. The molecule has 0 spiro atoms. The number of methoxy groups -OCH3 is 3. The van der Waals surface area contributed by atoms with Crippen LogP contribution in [0.1, 0.15) is 18.1 Å². The monoisotopic (exact) mass is 543 g/mol. The van der Waals surface area contributed by atoms with Crippen molar-refractivity contribution in [1.29, 1.82) is 0 Å². The third kappa shape index (κ3) is 8.82. The molecule has 2 aromatic rings. The van der Waals surface area contributed by atoms with Gasteiger partial charge in [-0.3, -0.25) is 4.99 Å². The summed E-state index contributed by atoms with van der Waals surface area (Å²) in [7, 11) is 6.56. The molecule has 1 atom stereocenters. The van der Waals surface area contributed by atoms with Crippen LogP contribution in [0.15, 0.2) is 47.5 Å². The Morgan fingerprint density at radius 1 is 0.935 bits per heavy atom. The van der Waals surface area contributed by atoms with Gasteiger partial charge in [-0.15, -0.1) is 24.0 Å². The van der Waals surface area contributed by atoms with Crippen LogP contribution in [0, 0.1) is 5.92 Å². The smallest absolute Gasteiger partial charge is 0.203 e. The Labute approximate surface area is 202 Å². The molecular formula is C23H34IN3O4. The summed E-state index contributed by atoms with van der Waals surface area (Å²) in [5.74, 6) is 2.89. The summed E-state index contributed by atoms with van der Waals surface area (Å²) in [6, 6.07) is 14.0. The average Bonchev–Trinajstić information content (AvgIpc) is 2.79. The minimum absolute atomic E-state index is 0. The molecule has 0 fully saturated rings. The van der Waals surface area contributed by atoms with Crippen LogP contribution in [0.4, 0.5) is 0 Å². The summed E-state index contributed by atoms with van der Waals surface area (Å²) in [6.07, 6.45) is 0. The van der Waals surface area contributed by atoms with Crippen LogP contribution >= 0.6 is 24.0 Å². The molecule has 2 N–H and O–H groups in total. The minimum Gasteiger partial charge on any atom is -0.493 e. The van der Waals surface area contributed by atoms with Crippen molar-refractivity contribution in [3.63, 3.8) is 0 Å². The van der Waals surface area contributed by atoms with Crippen molar-refractivity contribution in [2.24, 2.45) is 10.9 Å². The second-order valence-electron chi connectivity index (χ2n) is 6.95. The molecular weight excluding hydrogens is 509 g/mol. The number of benzene rings is 2. The number of guanidine groups is 1. The Morgan fingerprint density at radius 2 is 1.58 bits per heavy atom. The van der Waals surface area contributed by atoms with Crippen LogP contribution < -0.4 is 24.8 Å². The van der Waals surface area contributed by atoms with Gasteiger partial charge in [0.15, 0.2) is 17.5 Å². The molecule has 2 rings (SSSR count). The normalized spacial score (nSPS) is 11.8. The van der Waals surface area contributed by atoms with Gasteiger partial charge in [-0.2, -0.15) is 0 Å². The zero-order valence-electron chi connectivity index (χ0n) is 18.9. The fourth-order valence-corrected chi connectivity index (χ4v) is 2.93. The molecule has 0 amide bonds. The third-order valence-electron chi connectivity index (χ3n) is 4.54. The maximum Gasteiger partial charge on any atom is 0.203 e. The van der Waals surface area contributed by atoms with Crippen molar-refractivity contribution in [3.8, 4) is 17.2 Å². The van der Waals surface area contributed by atoms with Crippen molar-refractivity contribution in [3.05, 3.63) is 53.6 Å². The fourth-order valence-electron chi connectivity index (χ4n) is 2.93. The molecule has 0 radical (unpaired) electrons. The van der Waals surface area contributed by atoms with Crippen molar-refractivity contribution in [2.75, 3.05) is 41.5 Å². The third-order valence-corrected chi connectivity index (χ3v) is 4.54. The molecule has 0 aliphatic heterocycles. The predicted octanol–water partition coefficient (Wildman–Crippen LogP) is 3.85. The predicted molar refractivity (Wildman–Crippen MR) is 135 cm³/mol. The molecule has 0 saturated carbocycles. The number of hydrogen-bond donors (Lipinski definition) is 2. The lowest BCUT2D eigenvalue weighted by Crippen LogP contribution is -2.39. The SMILES string of the molecule is CN=C(NCc1cc(OC)c(OC)c(OC)c1)NCC(C)COCc1ccccc1.I. The Kier molecular flexibility index (Phi) is 12.8. The van der Waals surface area contributed by atoms with Crippen molar-refractivity contribution < 1.29 is 18.9 Å². The van der Waals surface area contributed by atoms with Gasteiger partial charge in [-0.05, 0) is 29.2 Å². The van der Waals surface area contributed by atoms with Gasteiger partial charge in [-0.25, -0.2) is 0 Å². The van der Waals surface area contributed by atoms with E-state index in [-0.39, 0.29) is 24.0 Å². The van der Waals surface area contributed by atoms with E-state index >= 15 is 0 Å². The molecule has 0 bridgehead atoms. The number of rotatable bonds is 11. The van der Waals surface area contributed by atoms with Crippen molar-refractivity contribution in [1.82, 2.24) is 10.6 Å². The summed E-state index contributed by atoms with van der Waals surface area (Å²) < 4.78 is 22.0. The van der Waals surface area contributed by atoms with E-state index in [1.807, 2.05) is 30.3 Å². The number of ether oxygens (including phenoxy) is 4. The van der Waals surface area contributed by atoms with Gasteiger partial charge in [0.2, 0.25) is 5.75 Å². The number of halogens is 1. The Morgan fingerprint density at radius 3 is 2.13 bits per heavy atom. The molecule has 2 aromatic carbocycles. The number of nitrogens with one attached hydrogen (secondary N) is 2. The first kappa shape index (κ1) is 26.8. The molecule has 0 saturated heterocycles. The molecule has 31 heavy (non-hydrogen) atoms. The number of nitrogens with zero attached hydrogens (tertiary/aromatic N) is 1. The Balaban J connectivity index is 0.00000480. The van der Waals surface area contributed by atoms with Crippen LogP contribution in [0.3, 0.4) is 0 Å². The lowest BCUT2D eigenvalue weighted by molar-refractivity contribution is 0.0931. The van der Waals surface area contributed by atoms with Gasteiger partial charge in [-0.1, -0.05) is 37.3 Å². The van der Waals surface area contributed by atoms with E-state index in [1.165, 1.54) is 5.56 Å². The zero-order chi connectivity index (χ0) is 21.8. The second-order valence-corrected chi connectivity index (χ2v) is 6.95. The largest absolute Gasteiger partial charge is 0.493 e. The van der Waals surface area contributed by atoms with Crippen LogP contribution in [-0.4, -0.2) is 47.5 Å². The van der Waals surface area contributed by atoms with E-state index in [2.05, 4.69) is 34.7 Å². The van der Waals surface area contributed by atoms with E-state index in [0.29, 0.717) is 42.9 Å². The standard InChI is InChI=1S/C23H33N3O4.HI/c1-17(15-30-16-18-9-7-6-8-10-18)13-25-23(24-2)26-14-19-11-20(27-3)22(29-5)21(12-19)28-4;/h6-12,17H,13-16H2,1-5H3,(H2,24,25,26);1H. The quantitative estimate of drug-likeness (QED) is 0.255. The van der Waals surface area contributed by atoms with Crippen molar-refractivity contribution in [2.45, 2.75) is 20.1 Å². The summed E-state index contributed by atoms with van der Waals surface area (Å²) in [5.41, 5.74) is 2.17. The first-order valence-electron chi connectivity index (χ1n) is 9.96. The number of hydrogen-bond acceptors (Lipinski definition) is 5. The minimum atomic E-state index is 0. The summed E-state index contributed by atoms with van der Waals surface area (Å²) in [4.78, 5) is 4.29. The molecule has 0 heterocycles. The molecule has 0 aliphatic rings. The lowest BCUT2D eigenvalue weighted by Gasteiger charge is -2.17. The van der Waals surface area contributed by atoms with Gasteiger partial charge in [0.1, 0.15) is 0 Å². The highest BCUT2D eigenvalue weighted by Gasteiger charge is 2.13. The van der Waals surface area contributed by atoms with Gasteiger partial charge >= 0.3 is 0 Å². The maximum absolute atomic E-state index is 5.81. The molecule has 8 heteroatoms. The first-order valence-corrected chi connectivity index (χ1v) is 9.96. The summed E-state index contributed by atoms with van der Waals surface area (Å²) in [6.45, 7) is 4.76. The average molecular weight is 543 g/mol. The fraction of sp³-hybridized carbons (Fsp3) is 0.435. The topological polar surface area (TPSA) is 73.3 Å². The highest BCUT2D eigenvalue weighted by molar-refractivity contribution is 14.0. The molecule has 0 aliphatic carbocycles. The molecule has 1 unspecified atom stereocenters. The van der Waals surface area contributed by atoms with E-state index < -0.39 is 0 Å². The highest BCUT2D eigenvalue weighted by atomic mass is 127. The maximum atomic E-state index is 5.81. The van der Waals surface area contributed by atoms with Crippen LogP contribution in [0.2, 0.25) is 0 Å². The van der Waals surface area contributed by atoms with E-state index in [9.17, 15) is 0 Å².